The van der Waals surface area contributed by atoms with Crippen LogP contribution in [-0.2, 0) is 19.1 Å². The third-order valence-corrected chi connectivity index (χ3v) is 3.16. The maximum atomic E-state index is 12.6. The first kappa shape index (κ1) is 11.3. The van der Waals surface area contributed by atoms with E-state index in [4.69, 9.17) is 5.73 Å². The van der Waals surface area contributed by atoms with E-state index in [1.54, 1.807) is 0 Å². The number of rotatable bonds is 2. The summed E-state index contributed by atoms with van der Waals surface area (Å²) in [5, 5.41) is 4.77. The standard InChI is InChI=1S/C8H9F3N4S/c1-2-5-14-15-4(3-12)6(8(9,10)11)13-7(15)16-5/h2-3,12H2,1H3. The molecule has 2 aromatic rings. The SMILES string of the molecule is CCc1nn2c(CN)c(C(F)(F)F)nc2s1. The van der Waals surface area contributed by atoms with Crippen LogP contribution in [0.1, 0.15) is 23.3 Å². The average Bonchev–Trinajstić information content (AvgIpc) is 2.71. The minimum absolute atomic E-state index is 0.0848. The molecule has 2 aromatic heterocycles. The molecule has 4 nitrogen and oxygen atoms in total. The number of alkyl halides is 3. The lowest BCUT2D eigenvalue weighted by Gasteiger charge is -2.04. The van der Waals surface area contributed by atoms with E-state index in [9.17, 15) is 13.2 Å². The summed E-state index contributed by atoms with van der Waals surface area (Å²) >= 11 is 1.15. The Labute approximate surface area is 92.9 Å². The molecule has 16 heavy (non-hydrogen) atoms. The summed E-state index contributed by atoms with van der Waals surface area (Å²) in [6.45, 7) is 1.65. The van der Waals surface area contributed by atoms with Gasteiger partial charge in [-0.25, -0.2) is 9.50 Å². The van der Waals surface area contributed by atoms with Gasteiger partial charge in [0.15, 0.2) is 5.69 Å². The number of hydrogen-bond acceptors (Lipinski definition) is 4. The molecule has 0 radical (unpaired) electrons. The van der Waals surface area contributed by atoms with E-state index in [1.807, 2.05) is 6.92 Å². The van der Waals surface area contributed by atoms with Crippen molar-refractivity contribution >= 4 is 16.3 Å². The molecule has 0 aromatic carbocycles. The van der Waals surface area contributed by atoms with Gasteiger partial charge >= 0.3 is 6.18 Å². The van der Waals surface area contributed by atoms with Crippen LogP contribution in [0, 0.1) is 0 Å². The van der Waals surface area contributed by atoms with E-state index in [2.05, 4.69) is 10.1 Å². The first-order chi connectivity index (χ1) is 7.47. The molecule has 88 valence electrons. The summed E-state index contributed by atoms with van der Waals surface area (Å²) in [5.74, 6) is 0. The predicted molar refractivity (Wildman–Crippen MR) is 53.1 cm³/mol. The van der Waals surface area contributed by atoms with Gasteiger partial charge in [-0.15, -0.1) is 0 Å². The Kier molecular flexibility index (Phi) is 2.62. The molecule has 2 rings (SSSR count). The molecule has 0 unspecified atom stereocenters. The van der Waals surface area contributed by atoms with Crippen molar-refractivity contribution in [2.45, 2.75) is 26.1 Å². The zero-order valence-corrected chi connectivity index (χ0v) is 9.19. The fraction of sp³-hybridized carbons (Fsp3) is 0.500. The summed E-state index contributed by atoms with van der Waals surface area (Å²) in [7, 11) is 0. The molecule has 0 saturated carbocycles. The van der Waals surface area contributed by atoms with Crippen LogP contribution in [0.4, 0.5) is 13.2 Å². The van der Waals surface area contributed by atoms with Crippen LogP contribution >= 0.6 is 11.3 Å². The van der Waals surface area contributed by atoms with Gasteiger partial charge in [0, 0.05) is 6.54 Å². The third-order valence-electron chi connectivity index (χ3n) is 2.10. The van der Waals surface area contributed by atoms with Gasteiger partial charge in [0.25, 0.3) is 0 Å². The first-order valence-electron chi connectivity index (χ1n) is 4.62. The van der Waals surface area contributed by atoms with E-state index in [1.165, 1.54) is 4.52 Å². The minimum atomic E-state index is -4.48. The van der Waals surface area contributed by atoms with Crippen LogP contribution in [0.3, 0.4) is 0 Å². The van der Waals surface area contributed by atoms with Gasteiger partial charge in [-0.3, -0.25) is 0 Å². The molecule has 0 atom stereocenters. The molecule has 0 fully saturated rings. The van der Waals surface area contributed by atoms with Gasteiger partial charge in [-0.2, -0.15) is 18.3 Å². The van der Waals surface area contributed by atoms with E-state index in [0.29, 0.717) is 6.42 Å². The Morgan fingerprint density at radius 1 is 1.44 bits per heavy atom. The summed E-state index contributed by atoms with van der Waals surface area (Å²) in [6.07, 6.45) is -3.81. The highest BCUT2D eigenvalue weighted by molar-refractivity contribution is 7.16. The van der Waals surface area contributed by atoms with Gasteiger partial charge in [-0.05, 0) is 6.42 Å². The van der Waals surface area contributed by atoms with Crippen molar-refractivity contribution in [3.05, 3.63) is 16.4 Å². The highest BCUT2D eigenvalue weighted by Gasteiger charge is 2.38. The molecule has 2 N–H and O–H groups in total. The molecular formula is C8H9F3N4S. The largest absolute Gasteiger partial charge is 0.435 e. The molecule has 2 heterocycles. The van der Waals surface area contributed by atoms with E-state index in [-0.39, 0.29) is 17.2 Å². The van der Waals surface area contributed by atoms with Crippen molar-refractivity contribution in [1.29, 1.82) is 0 Å². The Bertz CT molecular complexity index is 513. The van der Waals surface area contributed by atoms with Crippen molar-refractivity contribution in [1.82, 2.24) is 14.6 Å². The van der Waals surface area contributed by atoms with Crippen LogP contribution in [0.5, 0.6) is 0 Å². The van der Waals surface area contributed by atoms with E-state index >= 15 is 0 Å². The zero-order chi connectivity index (χ0) is 11.9. The fourth-order valence-corrected chi connectivity index (χ4v) is 2.23. The van der Waals surface area contributed by atoms with Gasteiger partial charge < -0.3 is 5.73 Å². The number of aromatic nitrogens is 3. The van der Waals surface area contributed by atoms with Crippen LogP contribution in [0.2, 0.25) is 0 Å². The lowest BCUT2D eigenvalue weighted by Crippen LogP contribution is -2.13. The molecule has 0 spiro atoms. The number of aryl methyl sites for hydroxylation is 1. The van der Waals surface area contributed by atoms with Crippen molar-refractivity contribution in [2.75, 3.05) is 0 Å². The van der Waals surface area contributed by atoms with Crippen LogP contribution in [0.15, 0.2) is 0 Å². The van der Waals surface area contributed by atoms with E-state index in [0.717, 1.165) is 16.3 Å². The Balaban J connectivity index is 2.65. The molecular weight excluding hydrogens is 241 g/mol. The zero-order valence-electron chi connectivity index (χ0n) is 8.38. The second kappa shape index (κ2) is 3.70. The maximum absolute atomic E-state index is 12.6. The predicted octanol–water partition coefficient (Wildman–Crippen LogP) is 1.83. The maximum Gasteiger partial charge on any atom is 0.435 e. The van der Waals surface area contributed by atoms with E-state index < -0.39 is 11.9 Å². The molecule has 0 saturated heterocycles. The molecule has 0 aliphatic heterocycles. The Morgan fingerprint density at radius 3 is 2.62 bits per heavy atom. The molecule has 0 aliphatic carbocycles. The number of nitrogens with zero attached hydrogens (tertiary/aromatic N) is 3. The normalized spacial score (nSPS) is 12.6. The van der Waals surface area contributed by atoms with Gasteiger partial charge in [0.05, 0.1) is 5.69 Å². The smallest absolute Gasteiger partial charge is 0.325 e. The van der Waals surface area contributed by atoms with Gasteiger partial charge in [-0.1, -0.05) is 18.3 Å². The number of fused-ring (bicyclic) bond motifs is 1. The van der Waals surface area contributed by atoms with Gasteiger partial charge in [0.1, 0.15) is 5.01 Å². The highest BCUT2D eigenvalue weighted by Crippen LogP contribution is 2.32. The Hall–Kier alpha value is -1.15. The summed E-state index contributed by atoms with van der Waals surface area (Å²) in [5.41, 5.74) is 4.29. The average molecular weight is 250 g/mol. The quantitative estimate of drug-likeness (QED) is 0.884. The molecule has 8 heteroatoms. The summed E-state index contributed by atoms with van der Waals surface area (Å²) in [6, 6.07) is 0. The Morgan fingerprint density at radius 2 is 2.12 bits per heavy atom. The minimum Gasteiger partial charge on any atom is -0.325 e. The van der Waals surface area contributed by atoms with Crippen LogP contribution < -0.4 is 5.73 Å². The van der Waals surface area contributed by atoms with Crippen molar-refractivity contribution in [2.24, 2.45) is 5.73 Å². The van der Waals surface area contributed by atoms with Crippen LogP contribution in [-0.4, -0.2) is 14.6 Å². The number of nitrogens with two attached hydrogens (primary N) is 1. The number of hydrogen-bond donors (Lipinski definition) is 1. The number of imidazole rings is 1. The van der Waals surface area contributed by atoms with Crippen molar-refractivity contribution in [3.8, 4) is 0 Å². The van der Waals surface area contributed by atoms with Crippen LogP contribution in [0.25, 0.3) is 4.96 Å². The van der Waals surface area contributed by atoms with Crippen molar-refractivity contribution in [3.63, 3.8) is 0 Å². The molecule has 0 bridgehead atoms. The lowest BCUT2D eigenvalue weighted by atomic mass is 10.3. The first-order valence-corrected chi connectivity index (χ1v) is 5.43. The topological polar surface area (TPSA) is 56.2 Å². The number of halogens is 3. The lowest BCUT2D eigenvalue weighted by molar-refractivity contribution is -0.141. The fourth-order valence-electron chi connectivity index (χ4n) is 1.38. The summed E-state index contributed by atoms with van der Waals surface area (Å²) in [4.78, 5) is 3.78. The van der Waals surface area contributed by atoms with Crippen molar-refractivity contribution < 1.29 is 13.2 Å². The molecule has 0 amide bonds. The van der Waals surface area contributed by atoms with Gasteiger partial charge in [0.2, 0.25) is 4.96 Å². The third kappa shape index (κ3) is 1.67. The molecule has 0 aliphatic rings. The summed E-state index contributed by atoms with van der Waals surface area (Å²) < 4.78 is 38.9. The second-order valence-electron chi connectivity index (χ2n) is 3.15. The highest BCUT2D eigenvalue weighted by atomic mass is 32.1. The second-order valence-corrected chi connectivity index (χ2v) is 4.19. The monoisotopic (exact) mass is 250 g/mol.